The normalized spacial score (nSPS) is 12.0. The number of nitrogens with one attached hydrogen (secondary N) is 2. The third-order valence-corrected chi connectivity index (χ3v) is 6.97. The Morgan fingerprint density at radius 3 is 2.27 bits per heavy atom. The Kier molecular flexibility index (Phi) is 15.5. The highest BCUT2D eigenvalue weighted by Gasteiger charge is 2.23. The molecule has 1 aromatic carbocycles. The van der Waals surface area contributed by atoms with Crippen molar-refractivity contribution in [2.75, 3.05) is 30.8 Å². The van der Waals surface area contributed by atoms with Gasteiger partial charge in [0.05, 0.1) is 29.5 Å². The fourth-order valence-electron chi connectivity index (χ4n) is 3.17. The molecule has 3 heterocycles. The van der Waals surface area contributed by atoms with Gasteiger partial charge in [-0.25, -0.2) is 0 Å². The Morgan fingerprint density at radius 2 is 1.70 bits per heavy atom. The van der Waals surface area contributed by atoms with Crippen LogP contribution in [-0.2, 0) is 6.54 Å². The lowest BCUT2D eigenvalue weighted by Crippen LogP contribution is -2.27. The minimum absolute atomic E-state index is 0.0627. The van der Waals surface area contributed by atoms with Crippen molar-refractivity contribution in [2.45, 2.75) is 67.3 Å². The van der Waals surface area contributed by atoms with E-state index in [-0.39, 0.29) is 11.7 Å². The second kappa shape index (κ2) is 17.7. The van der Waals surface area contributed by atoms with E-state index in [1.165, 1.54) is 16.2 Å². The van der Waals surface area contributed by atoms with Crippen molar-refractivity contribution in [1.29, 1.82) is 0 Å². The van der Waals surface area contributed by atoms with Crippen LogP contribution < -0.4 is 10.6 Å². The number of carbonyl (C=O) groups is 1. The number of aromatic nitrogens is 2. The molecule has 0 aliphatic carbocycles. The molecule has 1 aliphatic heterocycles. The van der Waals surface area contributed by atoms with Gasteiger partial charge >= 0.3 is 0 Å². The molecule has 0 bridgehead atoms. The summed E-state index contributed by atoms with van der Waals surface area (Å²) in [5.41, 5.74) is 0.742. The van der Waals surface area contributed by atoms with E-state index in [4.69, 9.17) is 5.11 Å². The zero-order valence-electron chi connectivity index (χ0n) is 23.2. The predicted molar refractivity (Wildman–Crippen MR) is 157 cm³/mol. The average molecular weight is 550 g/mol. The van der Waals surface area contributed by atoms with E-state index in [0.717, 1.165) is 50.7 Å². The lowest BCUT2D eigenvalue weighted by Gasteiger charge is -2.17. The number of aromatic hydroxyl groups is 1. The van der Waals surface area contributed by atoms with Gasteiger partial charge in [-0.3, -0.25) is 4.79 Å². The Balaban J connectivity index is 0.000000671. The lowest BCUT2D eigenvalue weighted by atomic mass is 10.1. The highest BCUT2D eigenvalue weighted by molar-refractivity contribution is 7.11. The molecule has 1 amide bonds. The minimum Gasteiger partial charge on any atom is -0.505 e. The van der Waals surface area contributed by atoms with Crippen LogP contribution >= 0.6 is 23.1 Å². The topological polar surface area (TPSA) is 111 Å². The molecule has 2 aromatic heterocycles. The third kappa shape index (κ3) is 10.3. The number of carbonyl (C=O) groups excluding carboxylic acids is 1. The fourth-order valence-corrected chi connectivity index (χ4v) is 4.49. The van der Waals surface area contributed by atoms with Crippen LogP contribution in [0.2, 0.25) is 0 Å². The van der Waals surface area contributed by atoms with Crippen LogP contribution in [0.25, 0.3) is 0 Å². The maximum atomic E-state index is 12.7. The van der Waals surface area contributed by atoms with E-state index in [9.17, 15) is 9.90 Å². The minimum atomic E-state index is -0.138. The molecule has 10 heteroatoms. The summed E-state index contributed by atoms with van der Waals surface area (Å²) < 4.78 is 8.57. The van der Waals surface area contributed by atoms with Gasteiger partial charge < -0.3 is 25.7 Å². The summed E-state index contributed by atoms with van der Waals surface area (Å²) in [5, 5.41) is 24.0. The molecular formula is C27H43N5O3S2. The highest BCUT2D eigenvalue weighted by atomic mass is 32.1. The van der Waals surface area contributed by atoms with E-state index < -0.39 is 0 Å². The molecule has 1 fully saturated rings. The number of hydrogen-bond acceptors (Lipinski definition) is 9. The summed E-state index contributed by atoms with van der Waals surface area (Å²) in [4.78, 5) is 16.9. The zero-order valence-corrected chi connectivity index (χ0v) is 24.8. The summed E-state index contributed by atoms with van der Waals surface area (Å²) in [7, 11) is 1.00. The monoisotopic (exact) mass is 549 g/mol. The molecule has 8 nitrogen and oxygen atoms in total. The summed E-state index contributed by atoms with van der Waals surface area (Å²) in [6.07, 6.45) is 3.32. The van der Waals surface area contributed by atoms with Gasteiger partial charge in [0.1, 0.15) is 0 Å². The van der Waals surface area contributed by atoms with Crippen LogP contribution in [0, 0.1) is 12.8 Å². The number of aryl methyl sites for hydroxylation is 1. The summed E-state index contributed by atoms with van der Waals surface area (Å²) in [6, 6.07) is 9.30. The van der Waals surface area contributed by atoms with Crippen molar-refractivity contribution in [3.05, 3.63) is 45.6 Å². The number of likely N-dealkylation sites (tertiary alicyclic amines) is 1. The second-order valence-electron chi connectivity index (χ2n) is 8.46. The number of hydrogen-bond donors (Lipinski definition) is 4. The van der Waals surface area contributed by atoms with Crippen molar-refractivity contribution >= 4 is 46.3 Å². The molecule has 37 heavy (non-hydrogen) atoms. The van der Waals surface area contributed by atoms with Gasteiger partial charge in [-0.2, -0.15) is 8.75 Å². The smallest absolute Gasteiger partial charge is 0.257 e. The first kappa shape index (κ1) is 32.3. The highest BCUT2D eigenvalue weighted by Crippen LogP contribution is 2.33. The first-order valence-corrected chi connectivity index (χ1v) is 14.4. The lowest BCUT2D eigenvalue weighted by molar-refractivity contribution is 0.0790. The molecule has 0 atom stereocenters. The molecule has 0 unspecified atom stereocenters. The molecule has 0 radical (unpaired) electrons. The number of aliphatic hydroxyl groups is 1. The van der Waals surface area contributed by atoms with Crippen LogP contribution in [-0.4, -0.2) is 50.0 Å². The maximum Gasteiger partial charge on any atom is 0.257 e. The van der Waals surface area contributed by atoms with E-state index in [2.05, 4.69) is 59.2 Å². The first-order valence-electron chi connectivity index (χ1n) is 12.8. The van der Waals surface area contributed by atoms with Crippen molar-refractivity contribution in [3.63, 3.8) is 0 Å². The molecule has 206 valence electrons. The Bertz CT molecular complexity index is 1050. The number of phenols is 1. The van der Waals surface area contributed by atoms with Gasteiger partial charge in [-0.15, -0.1) is 11.3 Å². The molecule has 3 aromatic rings. The standard InChI is InChI=1S/C19H21N5O2S2.C5H12.C2H6.CH4O/c1-12-7-8-13(27-12)11-20-17-18(23-28-22-17)21-15-6-4-5-14(16(15)25)19(26)24-9-2-3-10-24;1-4-5(2)3;2*1-2/h4-8,25H,2-3,9-11H2,1H3,(H,20,22)(H,21,23);5H,4H2,1-3H3;1-2H3;2H,1H3. The van der Waals surface area contributed by atoms with Gasteiger partial charge in [0.25, 0.3) is 5.91 Å². The summed E-state index contributed by atoms with van der Waals surface area (Å²) in [6.45, 7) is 14.8. The zero-order chi connectivity index (χ0) is 27.8. The van der Waals surface area contributed by atoms with Crippen molar-refractivity contribution < 1.29 is 15.0 Å². The predicted octanol–water partition coefficient (Wildman–Crippen LogP) is 6.89. The van der Waals surface area contributed by atoms with E-state index in [0.29, 0.717) is 29.4 Å². The number of para-hydroxylation sites is 1. The van der Waals surface area contributed by atoms with E-state index in [1.807, 2.05) is 13.8 Å². The van der Waals surface area contributed by atoms with Crippen LogP contribution in [0.4, 0.5) is 17.3 Å². The van der Waals surface area contributed by atoms with Crippen molar-refractivity contribution in [1.82, 2.24) is 13.6 Å². The SMILES string of the molecule is CC.CCC(C)C.CO.Cc1ccc(CNc2nsnc2Nc2cccc(C(=O)N3CCCC3)c2O)s1. The van der Waals surface area contributed by atoms with Gasteiger partial charge in [-0.05, 0) is 49.9 Å². The van der Waals surface area contributed by atoms with Crippen molar-refractivity contribution in [3.8, 4) is 5.75 Å². The van der Waals surface area contributed by atoms with E-state index >= 15 is 0 Å². The first-order chi connectivity index (χ1) is 17.9. The largest absolute Gasteiger partial charge is 0.505 e. The summed E-state index contributed by atoms with van der Waals surface area (Å²) >= 11 is 2.81. The maximum absolute atomic E-state index is 12.7. The number of thiophene rings is 1. The van der Waals surface area contributed by atoms with Crippen LogP contribution in [0.3, 0.4) is 0 Å². The number of aliphatic hydroxyl groups excluding tert-OH is 1. The molecular weight excluding hydrogens is 506 g/mol. The molecule has 1 saturated heterocycles. The third-order valence-electron chi connectivity index (χ3n) is 5.44. The number of rotatable bonds is 7. The van der Waals surface area contributed by atoms with Crippen LogP contribution in [0.1, 0.15) is 74.0 Å². The quantitative estimate of drug-likeness (QED) is 0.237. The molecule has 0 spiro atoms. The average Bonchev–Trinajstić information content (AvgIpc) is 3.69. The number of nitrogens with zero attached hydrogens (tertiary/aromatic N) is 3. The summed E-state index contributed by atoms with van der Waals surface area (Å²) in [5.74, 6) is 1.83. The van der Waals surface area contributed by atoms with Gasteiger partial charge in [0.15, 0.2) is 17.4 Å². The van der Waals surface area contributed by atoms with Gasteiger partial charge in [-0.1, -0.05) is 47.1 Å². The van der Waals surface area contributed by atoms with E-state index in [1.54, 1.807) is 34.4 Å². The Morgan fingerprint density at radius 1 is 1.08 bits per heavy atom. The van der Waals surface area contributed by atoms with Crippen molar-refractivity contribution in [2.24, 2.45) is 5.92 Å². The fraction of sp³-hybridized carbons (Fsp3) is 0.519. The van der Waals surface area contributed by atoms with Gasteiger partial charge in [0, 0.05) is 30.0 Å². The molecule has 0 saturated carbocycles. The Labute approximate surface area is 230 Å². The number of amides is 1. The molecule has 4 rings (SSSR count). The number of benzene rings is 1. The molecule has 1 aliphatic rings. The number of anilines is 3. The number of phenolic OH excluding ortho intramolecular Hbond substituents is 1. The second-order valence-corrected chi connectivity index (χ2v) is 10.4. The molecule has 4 N–H and O–H groups in total. The van der Waals surface area contributed by atoms with Crippen LogP contribution in [0.5, 0.6) is 5.75 Å². The van der Waals surface area contributed by atoms with Gasteiger partial charge in [0.2, 0.25) is 0 Å². The Hall–Kier alpha value is -2.69. The van der Waals surface area contributed by atoms with Crippen LogP contribution in [0.15, 0.2) is 30.3 Å².